The summed E-state index contributed by atoms with van der Waals surface area (Å²) in [5.41, 5.74) is 15.8. The van der Waals surface area contributed by atoms with Crippen molar-refractivity contribution in [2.75, 3.05) is 4.90 Å². The van der Waals surface area contributed by atoms with Gasteiger partial charge in [0.2, 0.25) is 0 Å². The molecule has 0 radical (unpaired) electrons. The monoisotopic (exact) mass is 720 g/mol. The standard InChI is InChI=1S/C54H44N2/c1-5-16-39(17-6-1)40-28-32-45(33-29-40)55(47-36-37-51-50-24-13-14-27-52(50)56(53(51)38-47)44-22-11-4-12-23-44)46-34-30-43(31-35-46)54-48(41-18-7-2-8-19-41)25-15-26-49(54)42-20-9-3-10-21-42/h2-4,7-15,18-39H,1,5-6,16-17H2. The van der Waals surface area contributed by atoms with Gasteiger partial charge < -0.3 is 9.47 Å². The number of hydrogen-bond acceptors (Lipinski definition) is 1. The molecule has 1 aliphatic rings. The van der Waals surface area contributed by atoms with Crippen molar-refractivity contribution in [3.8, 4) is 39.1 Å². The van der Waals surface area contributed by atoms with Crippen LogP contribution in [-0.4, -0.2) is 4.57 Å². The number of nitrogens with zero attached hydrogens (tertiary/aromatic N) is 2. The summed E-state index contributed by atoms with van der Waals surface area (Å²) in [5, 5.41) is 2.51. The van der Waals surface area contributed by atoms with Crippen LogP contribution in [0.4, 0.5) is 17.1 Å². The molecule has 2 heteroatoms. The molecule has 10 rings (SSSR count). The maximum atomic E-state index is 2.43. The fraction of sp³-hybridized carbons (Fsp3) is 0.111. The topological polar surface area (TPSA) is 8.17 Å². The van der Waals surface area contributed by atoms with Crippen molar-refractivity contribution in [1.29, 1.82) is 0 Å². The lowest BCUT2D eigenvalue weighted by Crippen LogP contribution is -2.11. The summed E-state index contributed by atoms with van der Waals surface area (Å²) in [6.45, 7) is 0. The molecule has 8 aromatic carbocycles. The second-order valence-corrected chi connectivity index (χ2v) is 15.2. The SMILES string of the molecule is c1ccc(-c2cccc(-c3ccccc3)c2-c2ccc(N(c3ccc(C4CCCCC4)cc3)c3ccc4c5ccccc5n(-c5ccccc5)c4c3)cc2)cc1. The van der Waals surface area contributed by atoms with E-state index in [1.54, 1.807) is 0 Å². The van der Waals surface area contributed by atoms with Crippen molar-refractivity contribution in [1.82, 2.24) is 4.57 Å². The quantitative estimate of drug-likeness (QED) is 0.152. The zero-order chi connectivity index (χ0) is 37.3. The number of rotatable bonds is 8. The minimum atomic E-state index is 0.659. The van der Waals surface area contributed by atoms with Crippen LogP contribution in [-0.2, 0) is 0 Å². The van der Waals surface area contributed by atoms with Gasteiger partial charge >= 0.3 is 0 Å². The molecule has 0 bridgehead atoms. The Labute approximate surface area is 330 Å². The number of para-hydroxylation sites is 2. The molecule has 0 unspecified atom stereocenters. The molecular weight excluding hydrogens is 677 g/mol. The molecular formula is C54H44N2. The van der Waals surface area contributed by atoms with Crippen molar-refractivity contribution in [3.05, 3.63) is 206 Å². The third kappa shape index (κ3) is 6.28. The van der Waals surface area contributed by atoms with Gasteiger partial charge in [0.1, 0.15) is 0 Å². The van der Waals surface area contributed by atoms with E-state index in [1.165, 1.54) is 92.9 Å². The van der Waals surface area contributed by atoms with Crippen molar-refractivity contribution in [2.45, 2.75) is 38.0 Å². The Hall–Kier alpha value is -6.64. The normalized spacial score (nSPS) is 13.3. The highest BCUT2D eigenvalue weighted by atomic mass is 15.1. The Morgan fingerprint density at radius 2 is 0.929 bits per heavy atom. The molecule has 1 saturated carbocycles. The van der Waals surface area contributed by atoms with Gasteiger partial charge in [-0.25, -0.2) is 0 Å². The van der Waals surface area contributed by atoms with Gasteiger partial charge in [0.25, 0.3) is 0 Å². The zero-order valence-electron chi connectivity index (χ0n) is 31.6. The third-order valence-corrected chi connectivity index (χ3v) is 11.8. The molecule has 2 nitrogen and oxygen atoms in total. The largest absolute Gasteiger partial charge is 0.310 e. The van der Waals surface area contributed by atoms with Gasteiger partial charge in [-0.1, -0.05) is 165 Å². The number of hydrogen-bond donors (Lipinski definition) is 0. The summed E-state index contributed by atoms with van der Waals surface area (Å²) in [6.07, 6.45) is 6.62. The minimum absolute atomic E-state index is 0.659. The fourth-order valence-corrected chi connectivity index (χ4v) is 9.09. The van der Waals surface area contributed by atoms with Gasteiger partial charge in [-0.2, -0.15) is 0 Å². The van der Waals surface area contributed by atoms with Crippen LogP contribution in [0.5, 0.6) is 0 Å². The molecule has 0 atom stereocenters. The Kier molecular flexibility index (Phi) is 9.01. The molecule has 1 aliphatic carbocycles. The van der Waals surface area contributed by atoms with Gasteiger partial charge in [-0.05, 0) is 112 Å². The van der Waals surface area contributed by atoms with Crippen LogP contribution < -0.4 is 4.90 Å². The Balaban J connectivity index is 1.13. The van der Waals surface area contributed by atoms with E-state index in [4.69, 9.17) is 0 Å². The first-order valence-electron chi connectivity index (χ1n) is 20.1. The molecule has 0 amide bonds. The van der Waals surface area contributed by atoms with Gasteiger partial charge in [0, 0.05) is 33.5 Å². The summed E-state index contributed by atoms with van der Waals surface area (Å²) >= 11 is 0. The van der Waals surface area contributed by atoms with Gasteiger partial charge in [0.05, 0.1) is 11.0 Å². The highest BCUT2D eigenvalue weighted by molar-refractivity contribution is 6.10. The average molecular weight is 721 g/mol. The van der Waals surface area contributed by atoms with E-state index in [0.29, 0.717) is 5.92 Å². The molecule has 270 valence electrons. The lowest BCUT2D eigenvalue weighted by molar-refractivity contribution is 0.443. The second-order valence-electron chi connectivity index (χ2n) is 15.2. The lowest BCUT2D eigenvalue weighted by atomic mass is 9.84. The van der Waals surface area contributed by atoms with E-state index in [-0.39, 0.29) is 0 Å². The maximum Gasteiger partial charge on any atom is 0.0561 e. The molecule has 56 heavy (non-hydrogen) atoms. The summed E-state index contributed by atoms with van der Waals surface area (Å²) < 4.78 is 2.41. The Bertz CT molecular complexity index is 2680. The molecule has 0 saturated heterocycles. The second kappa shape index (κ2) is 14.9. The highest BCUT2D eigenvalue weighted by Gasteiger charge is 2.21. The molecule has 1 fully saturated rings. The summed E-state index contributed by atoms with van der Waals surface area (Å²) in [7, 11) is 0. The Morgan fingerprint density at radius 3 is 1.57 bits per heavy atom. The van der Waals surface area contributed by atoms with Gasteiger partial charge in [-0.3, -0.25) is 0 Å². The average Bonchev–Trinajstić information content (AvgIpc) is 3.61. The summed E-state index contributed by atoms with van der Waals surface area (Å²) in [4.78, 5) is 2.43. The number of fused-ring (bicyclic) bond motifs is 3. The smallest absolute Gasteiger partial charge is 0.0561 e. The predicted molar refractivity (Wildman–Crippen MR) is 238 cm³/mol. The van der Waals surface area contributed by atoms with Crippen LogP contribution >= 0.6 is 0 Å². The molecule has 1 heterocycles. The van der Waals surface area contributed by atoms with Crippen LogP contribution in [0.25, 0.3) is 60.9 Å². The van der Waals surface area contributed by atoms with Crippen LogP contribution in [0, 0.1) is 0 Å². The predicted octanol–water partition coefficient (Wildman–Crippen LogP) is 15.3. The highest BCUT2D eigenvalue weighted by Crippen LogP contribution is 2.44. The van der Waals surface area contributed by atoms with Gasteiger partial charge in [0.15, 0.2) is 0 Å². The van der Waals surface area contributed by atoms with E-state index in [9.17, 15) is 0 Å². The van der Waals surface area contributed by atoms with Crippen LogP contribution in [0.1, 0.15) is 43.6 Å². The van der Waals surface area contributed by atoms with Crippen molar-refractivity contribution < 1.29 is 0 Å². The van der Waals surface area contributed by atoms with E-state index in [0.717, 1.165) is 22.7 Å². The van der Waals surface area contributed by atoms with E-state index < -0.39 is 0 Å². The first kappa shape index (κ1) is 33.9. The van der Waals surface area contributed by atoms with Crippen molar-refractivity contribution >= 4 is 38.9 Å². The first-order chi connectivity index (χ1) is 27.8. The van der Waals surface area contributed by atoms with E-state index in [2.05, 4.69) is 210 Å². The lowest BCUT2D eigenvalue weighted by Gasteiger charge is -2.27. The van der Waals surface area contributed by atoms with Crippen LogP contribution in [0.15, 0.2) is 200 Å². The summed E-state index contributed by atoms with van der Waals surface area (Å²) in [5.74, 6) is 0.659. The van der Waals surface area contributed by atoms with E-state index in [1.807, 2.05) is 0 Å². The fourth-order valence-electron chi connectivity index (χ4n) is 9.09. The third-order valence-electron chi connectivity index (χ3n) is 11.8. The molecule has 9 aromatic rings. The minimum Gasteiger partial charge on any atom is -0.310 e. The van der Waals surface area contributed by atoms with Crippen LogP contribution in [0.3, 0.4) is 0 Å². The molecule has 1 aromatic heterocycles. The Morgan fingerprint density at radius 1 is 0.393 bits per heavy atom. The number of benzene rings is 8. The van der Waals surface area contributed by atoms with Gasteiger partial charge in [-0.15, -0.1) is 0 Å². The number of anilines is 3. The molecule has 0 aliphatic heterocycles. The molecule has 0 N–H and O–H groups in total. The van der Waals surface area contributed by atoms with Crippen molar-refractivity contribution in [2.24, 2.45) is 0 Å². The van der Waals surface area contributed by atoms with E-state index >= 15 is 0 Å². The van der Waals surface area contributed by atoms with Crippen molar-refractivity contribution in [3.63, 3.8) is 0 Å². The van der Waals surface area contributed by atoms with Crippen LogP contribution in [0.2, 0.25) is 0 Å². The summed E-state index contributed by atoms with van der Waals surface area (Å²) in [6, 6.07) is 73.4. The first-order valence-corrected chi connectivity index (χ1v) is 20.1. The molecule has 0 spiro atoms. The maximum absolute atomic E-state index is 2.43. The number of aromatic nitrogens is 1. The zero-order valence-corrected chi connectivity index (χ0v) is 31.6.